The Kier molecular flexibility index (Phi) is 5.94. The molecule has 1 saturated carbocycles. The van der Waals surface area contributed by atoms with Gasteiger partial charge in [-0.1, -0.05) is 20.8 Å². The van der Waals surface area contributed by atoms with Crippen LogP contribution in [-0.2, 0) is 0 Å². The van der Waals surface area contributed by atoms with Crippen LogP contribution in [0.3, 0.4) is 0 Å². The molecule has 0 aromatic heterocycles. The standard InChI is InChI=1S/C15H32N2/c1-6-12-16-14(7-2)15(17(4)5)10-8-13(3)9-11-15/h13-14,16H,6-12H2,1-5H3. The molecule has 0 saturated heterocycles. The fourth-order valence-electron chi connectivity index (χ4n) is 3.40. The van der Waals surface area contributed by atoms with Gasteiger partial charge in [-0.15, -0.1) is 0 Å². The van der Waals surface area contributed by atoms with Gasteiger partial charge in [0.2, 0.25) is 0 Å². The van der Waals surface area contributed by atoms with Crippen molar-refractivity contribution < 1.29 is 0 Å². The first-order valence-electron chi connectivity index (χ1n) is 7.47. The number of likely N-dealkylation sites (N-methyl/N-ethyl adjacent to an activating group) is 1. The van der Waals surface area contributed by atoms with Crippen molar-refractivity contribution in [3.05, 3.63) is 0 Å². The zero-order chi connectivity index (χ0) is 12.9. The molecule has 0 radical (unpaired) electrons. The van der Waals surface area contributed by atoms with Crippen LogP contribution in [0.15, 0.2) is 0 Å². The van der Waals surface area contributed by atoms with Gasteiger partial charge in [-0.25, -0.2) is 0 Å². The van der Waals surface area contributed by atoms with E-state index in [4.69, 9.17) is 0 Å². The van der Waals surface area contributed by atoms with Crippen molar-refractivity contribution in [2.75, 3.05) is 20.6 Å². The van der Waals surface area contributed by atoms with E-state index in [-0.39, 0.29) is 0 Å². The number of nitrogens with one attached hydrogen (secondary N) is 1. The lowest BCUT2D eigenvalue weighted by atomic mass is 9.71. The summed E-state index contributed by atoms with van der Waals surface area (Å²) in [6.45, 7) is 8.14. The van der Waals surface area contributed by atoms with Crippen molar-refractivity contribution in [3.63, 3.8) is 0 Å². The molecule has 1 aliphatic rings. The van der Waals surface area contributed by atoms with Gasteiger partial charge in [-0.2, -0.15) is 0 Å². The van der Waals surface area contributed by atoms with E-state index in [2.05, 4.69) is 45.1 Å². The van der Waals surface area contributed by atoms with Crippen LogP contribution < -0.4 is 5.32 Å². The quantitative estimate of drug-likeness (QED) is 0.766. The van der Waals surface area contributed by atoms with E-state index in [1.54, 1.807) is 0 Å². The smallest absolute Gasteiger partial charge is 0.0356 e. The average Bonchev–Trinajstić information content (AvgIpc) is 2.32. The van der Waals surface area contributed by atoms with E-state index in [1.807, 2.05) is 0 Å². The van der Waals surface area contributed by atoms with Gasteiger partial charge >= 0.3 is 0 Å². The SMILES string of the molecule is CCCNC(CC)C1(N(C)C)CCC(C)CC1. The summed E-state index contributed by atoms with van der Waals surface area (Å²) in [6, 6.07) is 0.657. The van der Waals surface area contributed by atoms with Gasteiger partial charge in [0.1, 0.15) is 0 Å². The van der Waals surface area contributed by atoms with E-state index >= 15 is 0 Å². The summed E-state index contributed by atoms with van der Waals surface area (Å²) in [5.74, 6) is 0.923. The molecule has 0 heterocycles. The Bertz CT molecular complexity index is 205. The second-order valence-electron chi connectivity index (χ2n) is 6.10. The zero-order valence-corrected chi connectivity index (χ0v) is 12.6. The predicted molar refractivity (Wildman–Crippen MR) is 76.4 cm³/mol. The third kappa shape index (κ3) is 3.45. The molecule has 1 unspecified atom stereocenters. The highest BCUT2D eigenvalue weighted by Crippen LogP contribution is 2.38. The predicted octanol–water partition coefficient (Wildman–Crippen LogP) is 3.28. The van der Waals surface area contributed by atoms with E-state index in [9.17, 15) is 0 Å². The number of hydrogen-bond donors (Lipinski definition) is 1. The number of rotatable bonds is 6. The molecule has 17 heavy (non-hydrogen) atoms. The van der Waals surface area contributed by atoms with Crippen LogP contribution >= 0.6 is 0 Å². The molecule has 0 amide bonds. The fraction of sp³-hybridized carbons (Fsp3) is 1.00. The van der Waals surface area contributed by atoms with Crippen molar-refractivity contribution in [1.29, 1.82) is 0 Å². The summed E-state index contributed by atoms with van der Waals surface area (Å²) in [5, 5.41) is 3.78. The Morgan fingerprint density at radius 1 is 1.24 bits per heavy atom. The Labute approximate surface area is 108 Å². The van der Waals surface area contributed by atoms with Crippen LogP contribution in [0.4, 0.5) is 0 Å². The Balaban J connectivity index is 2.74. The van der Waals surface area contributed by atoms with Crippen molar-refractivity contribution in [3.8, 4) is 0 Å². The number of nitrogens with zero attached hydrogens (tertiary/aromatic N) is 1. The largest absolute Gasteiger partial charge is 0.312 e. The molecule has 1 rings (SSSR count). The first-order valence-corrected chi connectivity index (χ1v) is 7.47. The van der Waals surface area contributed by atoms with Crippen molar-refractivity contribution in [2.24, 2.45) is 5.92 Å². The van der Waals surface area contributed by atoms with E-state index in [1.165, 1.54) is 38.5 Å². The van der Waals surface area contributed by atoms with Crippen LogP contribution in [-0.4, -0.2) is 37.1 Å². The molecule has 0 aliphatic heterocycles. The summed E-state index contributed by atoms with van der Waals surface area (Å²) >= 11 is 0. The molecule has 1 aliphatic carbocycles. The molecule has 1 atom stereocenters. The summed E-state index contributed by atoms with van der Waals surface area (Å²) in [4.78, 5) is 2.50. The molecule has 1 N–H and O–H groups in total. The van der Waals surface area contributed by atoms with Gasteiger partial charge in [0, 0.05) is 11.6 Å². The third-order valence-corrected chi connectivity index (χ3v) is 4.73. The molecule has 1 fully saturated rings. The second kappa shape index (κ2) is 6.75. The molecule has 0 spiro atoms. The lowest BCUT2D eigenvalue weighted by molar-refractivity contribution is 0.0421. The van der Waals surface area contributed by atoms with E-state index in [0.29, 0.717) is 11.6 Å². The highest BCUT2D eigenvalue weighted by atomic mass is 15.2. The minimum absolute atomic E-state index is 0.399. The topological polar surface area (TPSA) is 15.3 Å². The summed E-state index contributed by atoms with van der Waals surface area (Å²) in [6.07, 6.45) is 7.97. The van der Waals surface area contributed by atoms with Crippen LogP contribution in [0.5, 0.6) is 0 Å². The fourth-order valence-corrected chi connectivity index (χ4v) is 3.40. The maximum absolute atomic E-state index is 3.78. The van der Waals surface area contributed by atoms with E-state index < -0.39 is 0 Å². The number of hydrogen-bond acceptors (Lipinski definition) is 2. The third-order valence-electron chi connectivity index (χ3n) is 4.73. The normalized spacial score (nSPS) is 31.8. The summed E-state index contributed by atoms with van der Waals surface area (Å²) in [7, 11) is 4.54. The second-order valence-corrected chi connectivity index (χ2v) is 6.10. The van der Waals surface area contributed by atoms with Crippen LogP contribution in [0, 0.1) is 5.92 Å². The van der Waals surface area contributed by atoms with Crippen LogP contribution in [0.1, 0.15) is 59.3 Å². The van der Waals surface area contributed by atoms with Crippen molar-refractivity contribution in [2.45, 2.75) is 70.9 Å². The van der Waals surface area contributed by atoms with Gasteiger partial charge in [0.15, 0.2) is 0 Å². The van der Waals surface area contributed by atoms with Gasteiger partial charge in [-0.3, -0.25) is 0 Å². The Morgan fingerprint density at radius 3 is 2.24 bits per heavy atom. The van der Waals surface area contributed by atoms with Gasteiger partial charge < -0.3 is 10.2 Å². The molecule has 2 heteroatoms. The highest BCUT2D eigenvalue weighted by molar-refractivity contribution is 5.00. The summed E-state index contributed by atoms with van der Waals surface area (Å²) < 4.78 is 0. The average molecular weight is 240 g/mol. The molecule has 2 nitrogen and oxygen atoms in total. The van der Waals surface area contributed by atoms with Crippen LogP contribution in [0.25, 0.3) is 0 Å². The minimum Gasteiger partial charge on any atom is -0.312 e. The molecule has 102 valence electrons. The first-order chi connectivity index (χ1) is 8.06. The first kappa shape index (κ1) is 15.0. The molecule has 0 aromatic rings. The molecular formula is C15H32N2. The molecule has 0 aromatic carbocycles. The monoisotopic (exact) mass is 240 g/mol. The van der Waals surface area contributed by atoms with Crippen molar-refractivity contribution in [1.82, 2.24) is 10.2 Å². The van der Waals surface area contributed by atoms with Crippen molar-refractivity contribution >= 4 is 0 Å². The Hall–Kier alpha value is -0.0800. The van der Waals surface area contributed by atoms with Crippen LogP contribution in [0.2, 0.25) is 0 Å². The zero-order valence-electron chi connectivity index (χ0n) is 12.6. The maximum Gasteiger partial charge on any atom is 0.0356 e. The lowest BCUT2D eigenvalue weighted by Gasteiger charge is -2.50. The van der Waals surface area contributed by atoms with Gasteiger partial charge in [0.25, 0.3) is 0 Å². The highest BCUT2D eigenvalue weighted by Gasteiger charge is 2.41. The minimum atomic E-state index is 0.399. The van der Waals surface area contributed by atoms with Gasteiger partial charge in [-0.05, 0) is 65.1 Å². The molecule has 0 bridgehead atoms. The Morgan fingerprint density at radius 2 is 1.82 bits per heavy atom. The van der Waals surface area contributed by atoms with E-state index in [0.717, 1.165) is 12.5 Å². The lowest BCUT2D eigenvalue weighted by Crippen LogP contribution is -2.60. The molecular weight excluding hydrogens is 208 g/mol. The van der Waals surface area contributed by atoms with Gasteiger partial charge in [0.05, 0.1) is 0 Å². The maximum atomic E-state index is 3.78. The summed E-state index contributed by atoms with van der Waals surface area (Å²) in [5.41, 5.74) is 0.399.